The highest BCUT2D eigenvalue weighted by molar-refractivity contribution is 6.31. The van der Waals surface area contributed by atoms with Gasteiger partial charge in [0.05, 0.1) is 18.1 Å². The lowest BCUT2D eigenvalue weighted by Crippen LogP contribution is -2.10. The van der Waals surface area contributed by atoms with Gasteiger partial charge in [0.2, 0.25) is 0 Å². The van der Waals surface area contributed by atoms with Crippen molar-refractivity contribution in [3.63, 3.8) is 0 Å². The van der Waals surface area contributed by atoms with Crippen LogP contribution in [0.2, 0.25) is 5.02 Å². The van der Waals surface area contributed by atoms with Gasteiger partial charge in [-0.1, -0.05) is 11.6 Å². The van der Waals surface area contributed by atoms with Crippen molar-refractivity contribution in [2.24, 2.45) is 0 Å². The lowest BCUT2D eigenvalue weighted by molar-refractivity contribution is -0.139. The number of carbonyl (C=O) groups excluding carboxylic acids is 1. The van der Waals surface area contributed by atoms with Crippen LogP contribution >= 0.6 is 11.6 Å². The van der Waals surface area contributed by atoms with Crippen LogP contribution in [0.25, 0.3) is 11.0 Å². The Labute approximate surface area is 110 Å². The third kappa shape index (κ3) is 1.97. The number of carbonyl (C=O) groups is 1. The molecule has 0 bridgehead atoms. The molecular weight excluding hydrogens is 252 g/mol. The third-order valence-corrected chi connectivity index (χ3v) is 3.40. The number of hydrogen-bond donors (Lipinski definition) is 0. The van der Waals surface area contributed by atoms with Crippen LogP contribution in [0.3, 0.4) is 0 Å². The molecule has 0 N–H and O–H groups in total. The van der Waals surface area contributed by atoms with Gasteiger partial charge in [-0.3, -0.25) is 4.79 Å². The van der Waals surface area contributed by atoms with Crippen molar-refractivity contribution in [1.82, 2.24) is 9.55 Å². The summed E-state index contributed by atoms with van der Waals surface area (Å²) < 4.78 is 6.85. The maximum absolute atomic E-state index is 11.4. The van der Waals surface area contributed by atoms with Crippen LogP contribution in [0.5, 0.6) is 0 Å². The Morgan fingerprint density at radius 2 is 2.33 bits per heavy atom. The zero-order valence-electron chi connectivity index (χ0n) is 10.0. The predicted molar refractivity (Wildman–Crippen MR) is 68.7 cm³/mol. The van der Waals surface area contributed by atoms with Crippen LogP contribution < -0.4 is 0 Å². The first-order valence-corrected chi connectivity index (χ1v) is 6.30. The fourth-order valence-corrected chi connectivity index (χ4v) is 2.35. The first-order chi connectivity index (χ1) is 8.69. The summed E-state index contributed by atoms with van der Waals surface area (Å²) in [6, 6.07) is 6.11. The lowest BCUT2D eigenvalue weighted by Gasteiger charge is -2.06. The Kier molecular flexibility index (Phi) is 2.74. The van der Waals surface area contributed by atoms with Gasteiger partial charge in [-0.15, -0.1) is 0 Å². The maximum atomic E-state index is 11.4. The SMILES string of the molecule is COC(=O)Cc1nc2cc(Cl)ccc2n1C1CC1. The molecule has 0 aliphatic heterocycles. The molecule has 0 spiro atoms. The molecule has 1 fully saturated rings. The molecule has 5 heteroatoms. The summed E-state index contributed by atoms with van der Waals surface area (Å²) in [6.07, 6.45) is 2.49. The topological polar surface area (TPSA) is 44.1 Å². The minimum absolute atomic E-state index is 0.208. The zero-order chi connectivity index (χ0) is 12.7. The number of aromatic nitrogens is 2. The first kappa shape index (κ1) is 11.5. The molecule has 0 amide bonds. The number of rotatable bonds is 3. The second kappa shape index (κ2) is 4.28. The number of methoxy groups -OCH3 is 1. The summed E-state index contributed by atoms with van der Waals surface area (Å²) in [5.74, 6) is 0.500. The van der Waals surface area contributed by atoms with E-state index < -0.39 is 0 Å². The van der Waals surface area contributed by atoms with E-state index in [4.69, 9.17) is 16.3 Å². The number of imidazole rings is 1. The van der Waals surface area contributed by atoms with Gasteiger partial charge in [0.25, 0.3) is 0 Å². The van der Waals surface area contributed by atoms with Crippen molar-refractivity contribution in [2.45, 2.75) is 25.3 Å². The molecule has 4 nitrogen and oxygen atoms in total. The summed E-state index contributed by atoms with van der Waals surface area (Å²) in [4.78, 5) is 15.9. The van der Waals surface area contributed by atoms with Crippen molar-refractivity contribution < 1.29 is 9.53 Å². The second-order valence-electron chi connectivity index (χ2n) is 4.52. The van der Waals surface area contributed by atoms with E-state index in [1.165, 1.54) is 7.11 Å². The van der Waals surface area contributed by atoms with Crippen molar-refractivity contribution in [2.75, 3.05) is 7.11 Å². The van der Waals surface area contributed by atoms with E-state index >= 15 is 0 Å². The number of ether oxygens (including phenoxy) is 1. The minimum atomic E-state index is -0.265. The maximum Gasteiger partial charge on any atom is 0.313 e. The molecular formula is C13H13ClN2O2. The molecule has 3 rings (SSSR count). The van der Waals surface area contributed by atoms with Crippen LogP contribution in [-0.4, -0.2) is 22.6 Å². The van der Waals surface area contributed by atoms with E-state index in [0.29, 0.717) is 11.1 Å². The Morgan fingerprint density at radius 3 is 3.00 bits per heavy atom. The Hall–Kier alpha value is -1.55. The molecule has 0 unspecified atom stereocenters. The van der Waals surface area contributed by atoms with Gasteiger partial charge >= 0.3 is 5.97 Å². The van der Waals surface area contributed by atoms with Gasteiger partial charge in [-0.2, -0.15) is 0 Å². The van der Waals surface area contributed by atoms with Gasteiger partial charge < -0.3 is 9.30 Å². The van der Waals surface area contributed by atoms with Crippen molar-refractivity contribution in [3.05, 3.63) is 29.0 Å². The molecule has 0 saturated heterocycles. The average Bonchev–Trinajstić information content (AvgIpc) is 3.11. The fraction of sp³-hybridized carbons (Fsp3) is 0.385. The Balaban J connectivity index is 2.11. The quantitative estimate of drug-likeness (QED) is 0.801. The van der Waals surface area contributed by atoms with Gasteiger partial charge in [0.1, 0.15) is 12.2 Å². The van der Waals surface area contributed by atoms with Crippen LogP contribution in [0.15, 0.2) is 18.2 Å². The standard InChI is InChI=1S/C13H13ClN2O2/c1-18-13(17)7-12-15-10-6-8(14)2-5-11(10)16(12)9-3-4-9/h2,5-6,9H,3-4,7H2,1H3. The minimum Gasteiger partial charge on any atom is -0.469 e. The van der Waals surface area contributed by atoms with Crippen LogP contribution in [0.1, 0.15) is 24.7 Å². The fourth-order valence-electron chi connectivity index (χ4n) is 2.19. The molecule has 1 aromatic heterocycles. The first-order valence-electron chi connectivity index (χ1n) is 5.92. The smallest absolute Gasteiger partial charge is 0.313 e. The van der Waals surface area contributed by atoms with E-state index in [1.54, 1.807) is 0 Å². The molecule has 1 aromatic carbocycles. The van der Waals surface area contributed by atoms with E-state index in [0.717, 1.165) is 29.7 Å². The molecule has 94 valence electrons. The van der Waals surface area contributed by atoms with Gasteiger partial charge in [-0.25, -0.2) is 4.98 Å². The highest BCUT2D eigenvalue weighted by Crippen LogP contribution is 2.39. The largest absolute Gasteiger partial charge is 0.469 e. The Morgan fingerprint density at radius 1 is 1.56 bits per heavy atom. The lowest BCUT2D eigenvalue weighted by atomic mass is 10.3. The van der Waals surface area contributed by atoms with E-state index in [2.05, 4.69) is 9.55 Å². The van der Waals surface area contributed by atoms with Crippen molar-refractivity contribution in [1.29, 1.82) is 0 Å². The number of benzene rings is 1. The molecule has 0 radical (unpaired) electrons. The normalized spacial score (nSPS) is 15.0. The summed E-state index contributed by atoms with van der Waals surface area (Å²) in [5.41, 5.74) is 1.88. The van der Waals surface area contributed by atoms with Crippen molar-refractivity contribution in [3.8, 4) is 0 Å². The molecule has 2 aromatic rings. The van der Waals surface area contributed by atoms with Crippen molar-refractivity contribution >= 4 is 28.6 Å². The highest BCUT2D eigenvalue weighted by Gasteiger charge is 2.28. The summed E-state index contributed by atoms with van der Waals surface area (Å²) in [7, 11) is 1.39. The average molecular weight is 265 g/mol. The Bertz CT molecular complexity index is 617. The molecule has 1 saturated carbocycles. The summed E-state index contributed by atoms with van der Waals surface area (Å²) in [5, 5.41) is 0.660. The van der Waals surface area contributed by atoms with Gasteiger partial charge in [-0.05, 0) is 31.0 Å². The van der Waals surface area contributed by atoms with Crippen LogP contribution in [0.4, 0.5) is 0 Å². The number of esters is 1. The molecule has 0 atom stereocenters. The van der Waals surface area contributed by atoms with Crippen LogP contribution in [0, 0.1) is 0 Å². The van der Waals surface area contributed by atoms with E-state index in [1.807, 2.05) is 18.2 Å². The highest BCUT2D eigenvalue weighted by atomic mass is 35.5. The molecule has 1 aliphatic rings. The van der Waals surface area contributed by atoms with Gasteiger partial charge in [0.15, 0.2) is 0 Å². The molecule has 1 heterocycles. The van der Waals surface area contributed by atoms with E-state index in [9.17, 15) is 4.79 Å². The number of nitrogens with zero attached hydrogens (tertiary/aromatic N) is 2. The number of hydrogen-bond acceptors (Lipinski definition) is 3. The number of halogens is 1. The van der Waals surface area contributed by atoms with Gasteiger partial charge in [0, 0.05) is 11.1 Å². The monoisotopic (exact) mass is 264 g/mol. The third-order valence-electron chi connectivity index (χ3n) is 3.17. The molecule has 1 aliphatic carbocycles. The predicted octanol–water partition coefficient (Wildman–Crippen LogP) is 2.74. The van der Waals surface area contributed by atoms with E-state index in [-0.39, 0.29) is 12.4 Å². The summed E-state index contributed by atoms with van der Waals surface area (Å²) in [6.45, 7) is 0. The second-order valence-corrected chi connectivity index (χ2v) is 4.95. The molecule has 18 heavy (non-hydrogen) atoms. The number of fused-ring (bicyclic) bond motifs is 1. The summed E-state index contributed by atoms with van der Waals surface area (Å²) >= 11 is 5.97. The zero-order valence-corrected chi connectivity index (χ0v) is 10.8. The van der Waals surface area contributed by atoms with Crippen LogP contribution in [-0.2, 0) is 16.0 Å².